The Labute approximate surface area is 104 Å². The van der Waals surface area contributed by atoms with E-state index in [1.165, 1.54) is 0 Å². The number of oxazole rings is 1. The van der Waals surface area contributed by atoms with Gasteiger partial charge in [-0.1, -0.05) is 0 Å². The zero-order chi connectivity index (χ0) is 13.5. The predicted octanol–water partition coefficient (Wildman–Crippen LogP) is 0.779. The van der Waals surface area contributed by atoms with E-state index in [1.807, 2.05) is 20.8 Å². The molecule has 0 saturated heterocycles. The van der Waals surface area contributed by atoms with Gasteiger partial charge in [0.15, 0.2) is 0 Å². The Morgan fingerprint density at radius 3 is 2.67 bits per heavy atom. The van der Waals surface area contributed by atoms with Crippen LogP contribution in [0.4, 0.5) is 0 Å². The third-order valence-electron chi connectivity index (χ3n) is 2.43. The summed E-state index contributed by atoms with van der Waals surface area (Å²) >= 11 is 0. The number of aromatic carboxylic acids is 1. The number of carboxylic acid groups (broad SMARTS) is 1. The molecule has 0 saturated carbocycles. The summed E-state index contributed by atoms with van der Waals surface area (Å²) in [6, 6.07) is 0. The van der Waals surface area contributed by atoms with Crippen molar-refractivity contribution in [2.45, 2.75) is 45.9 Å². The van der Waals surface area contributed by atoms with Crippen LogP contribution in [0.5, 0.6) is 0 Å². The lowest BCUT2D eigenvalue weighted by atomic mass is 10.2. The van der Waals surface area contributed by atoms with Gasteiger partial charge >= 0.3 is 11.9 Å². The second kappa shape index (κ2) is 4.34. The maximum atomic E-state index is 10.7. The van der Waals surface area contributed by atoms with Crippen molar-refractivity contribution in [1.82, 2.24) is 9.88 Å². The summed E-state index contributed by atoms with van der Waals surface area (Å²) in [7, 11) is 0. The first-order chi connectivity index (χ1) is 8.26. The van der Waals surface area contributed by atoms with Gasteiger partial charge in [-0.05, 0) is 20.8 Å². The second-order valence-electron chi connectivity index (χ2n) is 5.16. The van der Waals surface area contributed by atoms with Crippen LogP contribution in [0.2, 0.25) is 0 Å². The number of carboxylic acids is 1. The smallest absolute Gasteiger partial charge is 0.392 e. The lowest BCUT2D eigenvalue weighted by Gasteiger charge is -2.29. The normalized spacial score (nSPS) is 17.8. The average molecular weight is 256 g/mol. The summed E-state index contributed by atoms with van der Waals surface area (Å²) in [5.74, 6) is -1.04. The Morgan fingerprint density at radius 2 is 2.17 bits per heavy atom. The largest absolute Gasteiger partial charge is 0.474 e. The lowest BCUT2D eigenvalue weighted by molar-refractivity contribution is -0.242. The highest BCUT2D eigenvalue weighted by Gasteiger charge is 2.32. The Bertz CT molecular complexity index is 439. The summed E-state index contributed by atoms with van der Waals surface area (Å²) in [5.41, 5.74) is 0.0620. The van der Waals surface area contributed by atoms with Crippen LogP contribution in [-0.2, 0) is 17.8 Å². The minimum absolute atomic E-state index is 0.285. The molecular formula is C11H16N2O5. The first kappa shape index (κ1) is 13.0. The molecule has 7 nitrogen and oxygen atoms in total. The summed E-state index contributed by atoms with van der Waals surface area (Å²) in [6.45, 7) is 6.11. The van der Waals surface area contributed by atoms with Crippen LogP contribution in [0, 0.1) is 0 Å². The Hall–Kier alpha value is -1.44. The molecule has 2 N–H and O–H groups in total. The van der Waals surface area contributed by atoms with Gasteiger partial charge < -0.3 is 19.4 Å². The number of ether oxygens (including phenoxy) is 1. The molecule has 1 aromatic heterocycles. The van der Waals surface area contributed by atoms with E-state index in [1.54, 1.807) is 4.90 Å². The zero-order valence-electron chi connectivity index (χ0n) is 10.5. The van der Waals surface area contributed by atoms with E-state index in [4.69, 9.17) is 14.3 Å². The summed E-state index contributed by atoms with van der Waals surface area (Å²) in [6.07, 6.45) is -1.07. The van der Waals surface area contributed by atoms with Gasteiger partial charge in [0.25, 0.3) is 0 Å². The van der Waals surface area contributed by atoms with Gasteiger partial charge in [0.2, 0.25) is 6.41 Å². The van der Waals surface area contributed by atoms with Crippen molar-refractivity contribution >= 4 is 5.97 Å². The first-order valence-corrected chi connectivity index (χ1v) is 5.58. The Balaban J connectivity index is 2.02. The third kappa shape index (κ3) is 2.69. The molecule has 0 spiro atoms. The third-order valence-corrected chi connectivity index (χ3v) is 2.43. The highest BCUT2D eigenvalue weighted by atomic mass is 16.6. The van der Waals surface area contributed by atoms with Crippen molar-refractivity contribution in [3.63, 3.8) is 0 Å². The molecule has 1 unspecified atom stereocenters. The van der Waals surface area contributed by atoms with E-state index in [-0.39, 0.29) is 12.4 Å². The fraction of sp³-hybridized carbons (Fsp3) is 0.636. The topological polar surface area (TPSA) is 96.0 Å². The fourth-order valence-electron chi connectivity index (χ4n) is 1.70. The fourth-order valence-corrected chi connectivity index (χ4v) is 1.70. The van der Waals surface area contributed by atoms with Crippen LogP contribution in [0.3, 0.4) is 0 Å². The molecule has 100 valence electrons. The Morgan fingerprint density at radius 1 is 1.50 bits per heavy atom. The number of fused-ring (bicyclic) bond motifs is 1. The average Bonchev–Trinajstić information content (AvgIpc) is 2.69. The number of aromatic nitrogens is 1. The monoisotopic (exact) mass is 256 g/mol. The molecule has 1 aromatic rings. The number of carbonyl (C=O) groups is 1. The molecule has 1 atom stereocenters. The molecule has 0 radical (unpaired) electrons. The molecule has 0 amide bonds. The summed E-state index contributed by atoms with van der Waals surface area (Å²) < 4.78 is 10.5. The van der Waals surface area contributed by atoms with Crippen LogP contribution >= 0.6 is 0 Å². The maximum absolute atomic E-state index is 10.7. The summed E-state index contributed by atoms with van der Waals surface area (Å²) in [5, 5.41) is 18.6. The van der Waals surface area contributed by atoms with E-state index in [9.17, 15) is 9.90 Å². The van der Waals surface area contributed by atoms with Crippen molar-refractivity contribution in [2.24, 2.45) is 0 Å². The standard InChI is InChI=1S/C11H16N2O5/c1-11(2,3)18-10(16)13-4-6-7(5-13)17-8(12-6)9(14)15/h10,16H,4-5H2,1-3H3,(H,14,15). The molecule has 18 heavy (non-hydrogen) atoms. The van der Waals surface area contributed by atoms with Crippen LogP contribution in [0.25, 0.3) is 0 Å². The molecule has 7 heteroatoms. The Kier molecular flexibility index (Phi) is 3.14. The maximum Gasteiger partial charge on any atom is 0.392 e. The first-order valence-electron chi connectivity index (χ1n) is 5.58. The van der Waals surface area contributed by atoms with Gasteiger partial charge in [0.1, 0.15) is 5.76 Å². The van der Waals surface area contributed by atoms with Crippen LogP contribution in [0.15, 0.2) is 4.42 Å². The molecule has 1 aliphatic heterocycles. The predicted molar refractivity (Wildman–Crippen MR) is 59.6 cm³/mol. The van der Waals surface area contributed by atoms with Gasteiger partial charge in [-0.2, -0.15) is 0 Å². The molecule has 0 aromatic carbocycles. The van der Waals surface area contributed by atoms with Crippen molar-refractivity contribution < 1.29 is 24.2 Å². The van der Waals surface area contributed by atoms with Crippen molar-refractivity contribution in [3.8, 4) is 0 Å². The van der Waals surface area contributed by atoms with Gasteiger partial charge in [-0.15, -0.1) is 0 Å². The minimum atomic E-state index is -1.19. The number of rotatable bonds is 3. The van der Waals surface area contributed by atoms with Crippen LogP contribution in [0.1, 0.15) is 42.9 Å². The van der Waals surface area contributed by atoms with Crippen molar-refractivity contribution in [1.29, 1.82) is 0 Å². The molecule has 2 rings (SSSR count). The molecule has 0 aliphatic carbocycles. The van der Waals surface area contributed by atoms with Gasteiger partial charge in [0.05, 0.1) is 17.8 Å². The molecule has 2 heterocycles. The molecule has 0 fully saturated rings. The number of hydrogen-bond donors (Lipinski definition) is 2. The van der Waals surface area contributed by atoms with Crippen LogP contribution < -0.4 is 0 Å². The molecule has 0 bridgehead atoms. The molecule has 1 aliphatic rings. The lowest BCUT2D eigenvalue weighted by Crippen LogP contribution is -2.38. The molecular weight excluding hydrogens is 240 g/mol. The van der Waals surface area contributed by atoms with E-state index in [2.05, 4.69) is 4.98 Å². The second-order valence-corrected chi connectivity index (χ2v) is 5.16. The van der Waals surface area contributed by atoms with Crippen molar-refractivity contribution in [3.05, 3.63) is 17.3 Å². The van der Waals surface area contributed by atoms with Gasteiger partial charge in [0, 0.05) is 6.54 Å². The quantitative estimate of drug-likeness (QED) is 0.771. The van der Waals surface area contributed by atoms with E-state index >= 15 is 0 Å². The minimum Gasteiger partial charge on any atom is -0.474 e. The SMILES string of the molecule is CC(C)(C)OC(O)N1Cc2nc(C(=O)O)oc2C1. The number of nitrogens with zero attached hydrogens (tertiary/aromatic N) is 2. The van der Waals surface area contributed by atoms with E-state index in [0.717, 1.165) is 0 Å². The van der Waals surface area contributed by atoms with E-state index < -0.39 is 18.0 Å². The van der Waals surface area contributed by atoms with Crippen LogP contribution in [-0.4, -0.2) is 38.1 Å². The highest BCUT2D eigenvalue weighted by Crippen LogP contribution is 2.26. The highest BCUT2D eigenvalue weighted by molar-refractivity contribution is 5.82. The van der Waals surface area contributed by atoms with Gasteiger partial charge in [-0.3, -0.25) is 0 Å². The number of aliphatic hydroxyl groups is 1. The number of aliphatic hydroxyl groups excluding tert-OH is 1. The number of hydrogen-bond acceptors (Lipinski definition) is 6. The zero-order valence-corrected chi connectivity index (χ0v) is 10.5. The van der Waals surface area contributed by atoms with E-state index in [0.29, 0.717) is 18.0 Å². The van der Waals surface area contributed by atoms with Gasteiger partial charge in [-0.25, -0.2) is 14.7 Å². The summed E-state index contributed by atoms with van der Waals surface area (Å²) in [4.78, 5) is 16.1. The van der Waals surface area contributed by atoms with Crippen molar-refractivity contribution in [2.75, 3.05) is 0 Å².